The van der Waals surface area contributed by atoms with Gasteiger partial charge in [0.05, 0.1) is 11.4 Å². The first-order valence-corrected chi connectivity index (χ1v) is 13.5. The monoisotopic (exact) mass is 510 g/mol. The number of ketones is 1. The van der Waals surface area contributed by atoms with E-state index < -0.39 is 10.0 Å². The summed E-state index contributed by atoms with van der Waals surface area (Å²) < 4.78 is 27.3. The highest BCUT2D eigenvalue weighted by atomic mass is 35.5. The number of carbonyl (C=O) groups is 2. The van der Waals surface area contributed by atoms with Gasteiger partial charge in [-0.25, -0.2) is 12.7 Å². The lowest BCUT2D eigenvalue weighted by Gasteiger charge is -2.30. The molecule has 0 saturated carbocycles. The molecule has 1 N–H and O–H groups in total. The molecular formula is C27H27ClN2O4S. The quantitative estimate of drug-likeness (QED) is 0.450. The minimum absolute atomic E-state index is 0.0543. The third-order valence-corrected chi connectivity index (χ3v) is 8.25. The first-order valence-electron chi connectivity index (χ1n) is 11.5. The summed E-state index contributed by atoms with van der Waals surface area (Å²) in [7, 11) is -3.47. The van der Waals surface area contributed by atoms with Crippen LogP contribution in [0.1, 0.15) is 39.9 Å². The van der Waals surface area contributed by atoms with Gasteiger partial charge >= 0.3 is 0 Å². The molecule has 3 aromatic rings. The molecule has 0 radical (unpaired) electrons. The summed E-state index contributed by atoms with van der Waals surface area (Å²) >= 11 is 6.13. The number of amides is 1. The van der Waals surface area contributed by atoms with Crippen LogP contribution in [0.2, 0.25) is 5.02 Å². The van der Waals surface area contributed by atoms with Crippen molar-refractivity contribution in [3.63, 3.8) is 0 Å². The van der Waals surface area contributed by atoms with E-state index in [4.69, 9.17) is 11.6 Å². The van der Waals surface area contributed by atoms with E-state index in [9.17, 15) is 18.0 Å². The van der Waals surface area contributed by atoms with Gasteiger partial charge in [-0.2, -0.15) is 0 Å². The van der Waals surface area contributed by atoms with Crippen LogP contribution in [-0.2, 0) is 20.6 Å². The van der Waals surface area contributed by atoms with Gasteiger partial charge < -0.3 is 5.32 Å². The molecule has 6 nitrogen and oxygen atoms in total. The summed E-state index contributed by atoms with van der Waals surface area (Å²) in [6.45, 7) is 2.49. The van der Waals surface area contributed by atoms with Crippen LogP contribution in [0, 0.1) is 12.8 Å². The Kier molecular flexibility index (Phi) is 7.69. The number of nitrogens with zero attached hydrogens (tertiary/aromatic N) is 1. The number of piperidine rings is 1. The molecule has 0 aliphatic carbocycles. The number of aryl methyl sites for hydroxylation is 1. The normalized spacial score (nSPS) is 15.0. The highest BCUT2D eigenvalue weighted by molar-refractivity contribution is 7.88. The lowest BCUT2D eigenvalue weighted by molar-refractivity contribution is -0.120. The van der Waals surface area contributed by atoms with Crippen LogP contribution in [0.5, 0.6) is 0 Å². The van der Waals surface area contributed by atoms with Gasteiger partial charge in [0, 0.05) is 35.2 Å². The fraction of sp³-hybridized carbons (Fsp3) is 0.259. The van der Waals surface area contributed by atoms with Crippen molar-refractivity contribution in [3.8, 4) is 0 Å². The summed E-state index contributed by atoms with van der Waals surface area (Å²) in [4.78, 5) is 26.0. The average Bonchev–Trinajstić information content (AvgIpc) is 2.85. The zero-order valence-corrected chi connectivity index (χ0v) is 21.0. The largest absolute Gasteiger partial charge is 0.325 e. The molecule has 0 aromatic heterocycles. The number of hydrogen-bond donors (Lipinski definition) is 1. The van der Waals surface area contributed by atoms with E-state index in [2.05, 4.69) is 5.32 Å². The van der Waals surface area contributed by atoms with Crippen molar-refractivity contribution in [2.75, 3.05) is 18.4 Å². The van der Waals surface area contributed by atoms with Crippen molar-refractivity contribution in [1.82, 2.24) is 4.31 Å². The van der Waals surface area contributed by atoms with Crippen molar-refractivity contribution in [1.29, 1.82) is 0 Å². The summed E-state index contributed by atoms with van der Waals surface area (Å²) in [5.74, 6) is -0.872. The van der Waals surface area contributed by atoms with Crippen LogP contribution in [0.3, 0.4) is 0 Å². The second-order valence-electron chi connectivity index (χ2n) is 8.79. The summed E-state index contributed by atoms with van der Waals surface area (Å²) in [5.41, 5.74) is 2.97. The average molecular weight is 511 g/mol. The molecule has 0 spiro atoms. The molecule has 0 atom stereocenters. The molecule has 1 amide bonds. The molecule has 4 rings (SSSR count). The minimum atomic E-state index is -3.47. The molecule has 1 aliphatic heterocycles. The fourth-order valence-electron chi connectivity index (χ4n) is 4.29. The fourth-order valence-corrected chi connectivity index (χ4v) is 6.02. The molecule has 1 fully saturated rings. The van der Waals surface area contributed by atoms with E-state index in [0.717, 1.165) is 11.1 Å². The molecule has 8 heteroatoms. The zero-order valence-electron chi connectivity index (χ0n) is 19.4. The third-order valence-electron chi connectivity index (χ3n) is 6.17. The summed E-state index contributed by atoms with van der Waals surface area (Å²) in [5, 5.41) is 3.27. The van der Waals surface area contributed by atoms with Gasteiger partial charge in [-0.1, -0.05) is 71.8 Å². The lowest BCUT2D eigenvalue weighted by atomic mass is 9.96. The van der Waals surface area contributed by atoms with Gasteiger partial charge in [0.2, 0.25) is 15.9 Å². The maximum Gasteiger partial charge on any atom is 0.227 e. The predicted octanol–water partition coefficient (Wildman–Crippen LogP) is 5.06. The van der Waals surface area contributed by atoms with Crippen LogP contribution >= 0.6 is 11.6 Å². The zero-order chi connectivity index (χ0) is 25.0. The maximum atomic E-state index is 13.0. The van der Waals surface area contributed by atoms with E-state index in [0.29, 0.717) is 34.7 Å². The van der Waals surface area contributed by atoms with E-state index >= 15 is 0 Å². The minimum Gasteiger partial charge on any atom is -0.325 e. The van der Waals surface area contributed by atoms with Crippen LogP contribution in [0.15, 0.2) is 72.8 Å². The topological polar surface area (TPSA) is 83.6 Å². The highest BCUT2D eigenvalue weighted by Gasteiger charge is 2.31. The number of anilines is 1. The molecule has 1 heterocycles. The first-order chi connectivity index (χ1) is 16.7. The number of carbonyl (C=O) groups excluding carboxylic acids is 2. The number of nitrogens with one attached hydrogen (secondary N) is 1. The van der Waals surface area contributed by atoms with Crippen molar-refractivity contribution in [2.24, 2.45) is 5.92 Å². The van der Waals surface area contributed by atoms with Crippen LogP contribution in [0.25, 0.3) is 0 Å². The Labute approximate surface area is 211 Å². The van der Waals surface area contributed by atoms with Crippen molar-refractivity contribution in [2.45, 2.75) is 25.5 Å². The second kappa shape index (κ2) is 10.7. The van der Waals surface area contributed by atoms with Crippen molar-refractivity contribution < 1.29 is 18.0 Å². The SMILES string of the molecule is Cc1cccc(CS(=O)(=O)N2CCC(C(=O)Nc3ccc(Cl)cc3C(=O)c3ccccc3)CC2)c1. The van der Waals surface area contributed by atoms with Crippen LogP contribution in [-0.4, -0.2) is 37.5 Å². The molecule has 182 valence electrons. The Hall–Kier alpha value is -3.00. The van der Waals surface area contributed by atoms with Crippen molar-refractivity contribution >= 4 is 39.0 Å². The van der Waals surface area contributed by atoms with Gasteiger partial charge in [-0.15, -0.1) is 0 Å². The van der Waals surface area contributed by atoms with E-state index in [1.54, 1.807) is 42.5 Å². The maximum absolute atomic E-state index is 13.0. The molecule has 0 unspecified atom stereocenters. The Morgan fingerprint density at radius 3 is 2.37 bits per heavy atom. The van der Waals surface area contributed by atoms with E-state index in [-0.39, 0.29) is 36.5 Å². The van der Waals surface area contributed by atoms with E-state index in [1.165, 1.54) is 4.31 Å². The number of halogens is 1. The smallest absolute Gasteiger partial charge is 0.227 e. The Bertz CT molecular complexity index is 1330. The predicted molar refractivity (Wildman–Crippen MR) is 138 cm³/mol. The first kappa shape index (κ1) is 25.1. The number of hydrogen-bond acceptors (Lipinski definition) is 4. The Morgan fingerprint density at radius 2 is 1.69 bits per heavy atom. The van der Waals surface area contributed by atoms with Gasteiger partial charge in [0.15, 0.2) is 5.78 Å². The van der Waals surface area contributed by atoms with E-state index in [1.807, 2.05) is 37.3 Å². The summed E-state index contributed by atoms with van der Waals surface area (Å²) in [6.07, 6.45) is 0.822. The molecule has 0 bridgehead atoms. The molecule has 1 saturated heterocycles. The number of rotatable bonds is 7. The standard InChI is InChI=1S/C27H27ClN2O4S/c1-19-6-5-7-20(16-19)18-35(33,34)30-14-12-22(13-15-30)27(32)29-25-11-10-23(28)17-24(25)26(31)21-8-3-2-4-9-21/h2-11,16-17,22H,12-15,18H2,1H3,(H,29,32). The van der Waals surface area contributed by atoms with Gasteiger partial charge in [0.1, 0.15) is 0 Å². The molecule has 35 heavy (non-hydrogen) atoms. The molecular weight excluding hydrogens is 484 g/mol. The highest BCUT2D eigenvalue weighted by Crippen LogP contribution is 2.27. The van der Waals surface area contributed by atoms with Crippen LogP contribution < -0.4 is 5.32 Å². The van der Waals surface area contributed by atoms with Crippen LogP contribution in [0.4, 0.5) is 5.69 Å². The van der Waals surface area contributed by atoms with Gasteiger partial charge in [-0.3, -0.25) is 9.59 Å². The second-order valence-corrected chi connectivity index (χ2v) is 11.2. The Balaban J connectivity index is 1.41. The number of benzene rings is 3. The van der Waals surface area contributed by atoms with Gasteiger partial charge in [0.25, 0.3) is 0 Å². The third kappa shape index (κ3) is 6.17. The Morgan fingerprint density at radius 1 is 0.971 bits per heavy atom. The lowest BCUT2D eigenvalue weighted by Crippen LogP contribution is -2.42. The molecule has 1 aliphatic rings. The van der Waals surface area contributed by atoms with Gasteiger partial charge in [-0.05, 0) is 43.5 Å². The number of sulfonamides is 1. The summed E-state index contributed by atoms with van der Waals surface area (Å²) in [6, 6.07) is 21.1. The van der Waals surface area contributed by atoms with Crippen molar-refractivity contribution in [3.05, 3.63) is 100 Å². The molecule has 3 aromatic carbocycles.